The molecule has 2 aliphatic heterocycles. The Morgan fingerprint density at radius 1 is 1.06 bits per heavy atom. The van der Waals surface area contributed by atoms with E-state index in [9.17, 15) is 4.79 Å². The van der Waals surface area contributed by atoms with Crippen molar-refractivity contribution in [3.8, 4) is 5.88 Å². The minimum absolute atomic E-state index is 0.0327. The van der Waals surface area contributed by atoms with Crippen LogP contribution in [0.2, 0.25) is 5.02 Å². The van der Waals surface area contributed by atoms with Crippen LogP contribution in [0.1, 0.15) is 67.8 Å². The minimum Gasteiger partial charge on any atom is -0.469 e. The topological polar surface area (TPSA) is 76.4 Å². The fraction of sp³-hybridized carbons (Fsp3) is 0.652. The number of hydrogen-bond donors (Lipinski definition) is 0. The molecule has 0 atom stereocenters. The van der Waals surface area contributed by atoms with Crippen LogP contribution in [0.5, 0.6) is 5.88 Å². The number of ether oxygens (including phenoxy) is 1. The molecule has 0 unspecified atom stereocenters. The fourth-order valence-corrected chi connectivity index (χ4v) is 5.84. The molecule has 5 fully saturated rings. The number of carbonyl (C=O) groups excluding carboxylic acids is 1. The molecule has 2 aromatic heterocycles. The van der Waals surface area contributed by atoms with Crippen molar-refractivity contribution < 1.29 is 9.53 Å². The number of pyridine rings is 1. The van der Waals surface area contributed by atoms with Crippen molar-refractivity contribution in [1.82, 2.24) is 29.5 Å². The summed E-state index contributed by atoms with van der Waals surface area (Å²) in [4.78, 5) is 25.4. The molecule has 0 bridgehead atoms. The monoisotopic (exact) mass is 454 g/mol. The Bertz CT molecular complexity index is 1060. The molecule has 5 aliphatic rings. The van der Waals surface area contributed by atoms with Gasteiger partial charge >= 0.3 is 6.03 Å². The van der Waals surface area contributed by atoms with Crippen LogP contribution in [0.3, 0.4) is 0 Å². The molecule has 1 spiro atoms. The van der Waals surface area contributed by atoms with Crippen molar-refractivity contribution in [2.75, 3.05) is 26.2 Å². The maximum atomic E-state index is 12.8. The molecule has 2 amide bonds. The largest absolute Gasteiger partial charge is 0.469 e. The number of rotatable bonds is 5. The van der Waals surface area contributed by atoms with Gasteiger partial charge in [-0.05, 0) is 56.1 Å². The number of nitrogens with zero attached hydrogens (tertiary/aromatic N) is 6. The summed E-state index contributed by atoms with van der Waals surface area (Å²) in [5.74, 6) is 2.68. The van der Waals surface area contributed by atoms with E-state index in [2.05, 4.69) is 19.7 Å². The van der Waals surface area contributed by atoms with Crippen molar-refractivity contribution in [1.29, 1.82) is 0 Å². The normalized spacial score (nSPS) is 24.8. The summed E-state index contributed by atoms with van der Waals surface area (Å²) in [6, 6.07) is 2.56. The second-order valence-electron chi connectivity index (χ2n) is 10.5. The summed E-state index contributed by atoms with van der Waals surface area (Å²) >= 11 is 6.49. The molecular formula is C23H27ClN6O2. The first-order valence-electron chi connectivity index (χ1n) is 11.8. The van der Waals surface area contributed by atoms with E-state index in [4.69, 9.17) is 16.3 Å². The lowest BCUT2D eigenvalue weighted by Gasteiger charge is -2.59. The smallest absolute Gasteiger partial charge is 0.320 e. The number of likely N-dealkylation sites (tertiary alicyclic amines) is 2. The number of halogens is 1. The SMILES string of the molecule is O=C(N1CC(Oc2nccc(C3CC3)c2Cl)C1)N1CC2(CC(n3cnc(C4CC4)n3)C2)C1. The van der Waals surface area contributed by atoms with Gasteiger partial charge in [-0.1, -0.05) is 11.6 Å². The van der Waals surface area contributed by atoms with Crippen LogP contribution in [0.25, 0.3) is 0 Å². The standard InChI is InChI=1S/C23H27ClN6O2/c24-19-18(14-1-2-14)5-6-25-21(19)32-17-9-28(10-17)22(31)29-11-23(12-29)7-16(8-23)30-13-26-20(27-30)15-3-4-15/h5-6,13-17H,1-4,7-12H2. The van der Waals surface area contributed by atoms with Crippen molar-refractivity contribution >= 4 is 17.6 Å². The highest BCUT2D eigenvalue weighted by Gasteiger charge is 2.55. The van der Waals surface area contributed by atoms with Gasteiger partial charge in [-0.15, -0.1) is 0 Å². The van der Waals surface area contributed by atoms with Gasteiger partial charge in [0.25, 0.3) is 0 Å². The van der Waals surface area contributed by atoms with E-state index in [1.54, 1.807) is 6.20 Å². The molecule has 3 saturated carbocycles. The maximum absolute atomic E-state index is 12.8. The van der Waals surface area contributed by atoms with Crippen molar-refractivity contribution in [3.63, 3.8) is 0 Å². The summed E-state index contributed by atoms with van der Waals surface area (Å²) < 4.78 is 8.05. The second kappa shape index (κ2) is 6.83. The highest BCUT2D eigenvalue weighted by molar-refractivity contribution is 6.32. The molecule has 32 heavy (non-hydrogen) atoms. The van der Waals surface area contributed by atoms with Crippen LogP contribution in [0.15, 0.2) is 18.6 Å². The van der Waals surface area contributed by atoms with Crippen molar-refractivity contribution in [2.24, 2.45) is 5.41 Å². The third kappa shape index (κ3) is 3.17. The number of carbonyl (C=O) groups is 1. The number of amides is 2. The van der Waals surface area contributed by atoms with Crippen LogP contribution in [0.4, 0.5) is 4.79 Å². The summed E-state index contributed by atoms with van der Waals surface area (Å²) in [5, 5.41) is 5.32. The van der Waals surface area contributed by atoms with Gasteiger partial charge in [-0.2, -0.15) is 5.10 Å². The van der Waals surface area contributed by atoms with E-state index in [0.29, 0.717) is 41.9 Å². The Morgan fingerprint density at radius 2 is 1.81 bits per heavy atom. The maximum Gasteiger partial charge on any atom is 0.320 e. The Balaban J connectivity index is 0.883. The zero-order chi connectivity index (χ0) is 21.4. The molecule has 3 aliphatic carbocycles. The molecule has 4 heterocycles. The van der Waals surface area contributed by atoms with Gasteiger partial charge in [-0.25, -0.2) is 19.4 Å². The Labute approximate surface area is 191 Å². The quantitative estimate of drug-likeness (QED) is 0.689. The lowest BCUT2D eigenvalue weighted by molar-refractivity contribution is -0.0818. The van der Waals surface area contributed by atoms with Gasteiger partial charge in [-0.3, -0.25) is 0 Å². The first-order valence-corrected chi connectivity index (χ1v) is 12.2. The Kier molecular flexibility index (Phi) is 4.08. The molecule has 0 N–H and O–H groups in total. The molecule has 0 aromatic carbocycles. The van der Waals surface area contributed by atoms with Gasteiger partial charge < -0.3 is 14.5 Å². The van der Waals surface area contributed by atoms with Gasteiger partial charge in [0.05, 0.1) is 19.1 Å². The molecule has 8 nitrogen and oxygen atoms in total. The average Bonchev–Trinajstić information content (AvgIpc) is 3.62. The second-order valence-corrected chi connectivity index (χ2v) is 10.9. The van der Waals surface area contributed by atoms with Gasteiger partial charge in [0, 0.05) is 30.6 Å². The van der Waals surface area contributed by atoms with Crippen LogP contribution in [-0.2, 0) is 0 Å². The van der Waals surface area contributed by atoms with Crippen LogP contribution in [-0.4, -0.2) is 67.9 Å². The Hall–Kier alpha value is -2.35. The number of aromatic nitrogens is 4. The van der Waals surface area contributed by atoms with E-state index in [-0.39, 0.29) is 17.6 Å². The number of urea groups is 1. The molecule has 2 saturated heterocycles. The lowest BCUT2D eigenvalue weighted by atomic mass is 9.61. The van der Waals surface area contributed by atoms with Gasteiger partial charge in [0.15, 0.2) is 5.82 Å². The molecular weight excluding hydrogens is 428 g/mol. The Morgan fingerprint density at radius 3 is 2.53 bits per heavy atom. The fourth-order valence-electron chi connectivity index (χ4n) is 5.53. The zero-order valence-corrected chi connectivity index (χ0v) is 18.7. The molecule has 2 aromatic rings. The molecule has 168 valence electrons. The van der Waals surface area contributed by atoms with Crippen LogP contribution >= 0.6 is 11.6 Å². The third-order valence-corrected chi connectivity index (χ3v) is 8.18. The molecule has 0 radical (unpaired) electrons. The predicted molar refractivity (Wildman–Crippen MR) is 117 cm³/mol. The summed E-state index contributed by atoms with van der Waals surface area (Å²) in [7, 11) is 0. The minimum atomic E-state index is -0.0327. The van der Waals surface area contributed by atoms with Gasteiger partial charge in [0.1, 0.15) is 17.5 Å². The summed E-state index contributed by atoms with van der Waals surface area (Å²) in [5.41, 5.74) is 1.43. The average molecular weight is 455 g/mol. The summed E-state index contributed by atoms with van der Waals surface area (Å²) in [6.07, 6.45) is 10.7. The first-order chi connectivity index (χ1) is 15.6. The lowest BCUT2D eigenvalue weighted by Crippen LogP contribution is -2.69. The highest BCUT2D eigenvalue weighted by atomic mass is 35.5. The van der Waals surface area contributed by atoms with E-state index < -0.39 is 0 Å². The van der Waals surface area contributed by atoms with E-state index in [1.807, 2.05) is 22.2 Å². The zero-order valence-electron chi connectivity index (χ0n) is 18.0. The first kappa shape index (κ1) is 19.1. The number of hydrogen-bond acceptors (Lipinski definition) is 5. The van der Waals surface area contributed by atoms with Gasteiger partial charge in [0.2, 0.25) is 5.88 Å². The predicted octanol–water partition coefficient (Wildman–Crippen LogP) is 3.60. The van der Waals surface area contributed by atoms with Crippen molar-refractivity contribution in [3.05, 3.63) is 35.0 Å². The van der Waals surface area contributed by atoms with Crippen LogP contribution in [0, 0.1) is 5.41 Å². The highest BCUT2D eigenvalue weighted by Crippen LogP contribution is 2.54. The van der Waals surface area contributed by atoms with E-state index in [0.717, 1.165) is 37.3 Å². The van der Waals surface area contributed by atoms with Crippen LogP contribution < -0.4 is 4.74 Å². The summed E-state index contributed by atoms with van der Waals surface area (Å²) in [6.45, 7) is 2.90. The van der Waals surface area contributed by atoms with Crippen molar-refractivity contribution in [2.45, 2.75) is 62.5 Å². The molecule has 9 heteroatoms. The van der Waals surface area contributed by atoms with E-state index >= 15 is 0 Å². The van der Waals surface area contributed by atoms with E-state index in [1.165, 1.54) is 25.7 Å². The third-order valence-electron chi connectivity index (χ3n) is 7.80. The molecule has 7 rings (SSSR count).